The molecule has 0 unspecified atom stereocenters. The summed E-state index contributed by atoms with van der Waals surface area (Å²) < 4.78 is 38.7. The molecule has 0 saturated carbocycles. The van der Waals surface area contributed by atoms with Gasteiger partial charge in [-0.2, -0.15) is 13.9 Å². The molecule has 0 bridgehead atoms. The Balaban J connectivity index is 2.04. The second-order valence-electron chi connectivity index (χ2n) is 4.51. The standard InChI is InChI=1S/C15H9ClF3N3/c16-12-8-20-14(9-1-3-10(17)4-2-9)7-11(12)13-5-6-22(21-13)15(18)19/h1-8,15H. The highest BCUT2D eigenvalue weighted by molar-refractivity contribution is 6.33. The molecule has 0 radical (unpaired) electrons. The Kier molecular flexibility index (Phi) is 3.85. The van der Waals surface area contributed by atoms with Gasteiger partial charge in [0.15, 0.2) is 0 Å². The van der Waals surface area contributed by atoms with Crippen molar-refractivity contribution in [3.63, 3.8) is 0 Å². The molecule has 0 aliphatic carbocycles. The minimum atomic E-state index is -2.72. The molecule has 3 aromatic rings. The highest BCUT2D eigenvalue weighted by atomic mass is 35.5. The second kappa shape index (κ2) is 5.81. The molecule has 3 nitrogen and oxygen atoms in total. The predicted molar refractivity (Wildman–Crippen MR) is 77.1 cm³/mol. The summed E-state index contributed by atoms with van der Waals surface area (Å²) in [5.41, 5.74) is 2.03. The Morgan fingerprint density at radius 2 is 1.77 bits per heavy atom. The number of hydrogen-bond acceptors (Lipinski definition) is 2. The highest BCUT2D eigenvalue weighted by Crippen LogP contribution is 2.30. The van der Waals surface area contributed by atoms with Crippen molar-refractivity contribution in [3.8, 4) is 22.5 Å². The Hall–Kier alpha value is -2.34. The summed E-state index contributed by atoms with van der Waals surface area (Å²) in [6.07, 6.45) is 2.59. The van der Waals surface area contributed by atoms with E-state index in [9.17, 15) is 13.2 Å². The maximum Gasteiger partial charge on any atom is 0.333 e. The molecule has 112 valence electrons. The van der Waals surface area contributed by atoms with Crippen molar-refractivity contribution >= 4 is 11.6 Å². The molecule has 3 rings (SSSR count). The van der Waals surface area contributed by atoms with Crippen molar-refractivity contribution in [1.82, 2.24) is 14.8 Å². The summed E-state index contributed by atoms with van der Waals surface area (Å²) in [7, 11) is 0. The summed E-state index contributed by atoms with van der Waals surface area (Å²) in [6.45, 7) is -2.72. The van der Waals surface area contributed by atoms with E-state index < -0.39 is 6.55 Å². The normalized spacial score (nSPS) is 11.1. The number of rotatable bonds is 3. The number of pyridine rings is 1. The van der Waals surface area contributed by atoms with Crippen LogP contribution >= 0.6 is 11.6 Å². The van der Waals surface area contributed by atoms with Crippen molar-refractivity contribution in [2.45, 2.75) is 6.55 Å². The number of alkyl halides is 2. The van der Waals surface area contributed by atoms with E-state index in [2.05, 4.69) is 10.1 Å². The monoisotopic (exact) mass is 323 g/mol. The average molecular weight is 324 g/mol. The number of halogens is 4. The van der Waals surface area contributed by atoms with E-state index in [0.717, 1.165) is 0 Å². The van der Waals surface area contributed by atoms with Crippen LogP contribution in [0.1, 0.15) is 6.55 Å². The maximum absolute atomic E-state index is 13.0. The Bertz CT molecular complexity index is 800. The van der Waals surface area contributed by atoms with Crippen molar-refractivity contribution in [2.24, 2.45) is 0 Å². The SMILES string of the molecule is Fc1ccc(-c2cc(-c3ccn(C(F)F)n3)c(Cl)cn2)cc1. The molecule has 0 N–H and O–H groups in total. The largest absolute Gasteiger partial charge is 0.333 e. The molecule has 1 aromatic carbocycles. The predicted octanol–water partition coefficient (Wildman–Crippen LogP) is 4.80. The van der Waals surface area contributed by atoms with Crippen LogP contribution in [0.15, 0.2) is 48.8 Å². The molecule has 0 atom stereocenters. The lowest BCUT2D eigenvalue weighted by molar-refractivity contribution is 0.0568. The van der Waals surface area contributed by atoms with Gasteiger partial charge in [-0.3, -0.25) is 4.98 Å². The fourth-order valence-electron chi connectivity index (χ4n) is 2.00. The molecule has 2 aromatic heterocycles. The number of aromatic nitrogens is 3. The zero-order chi connectivity index (χ0) is 15.7. The van der Waals surface area contributed by atoms with Gasteiger partial charge in [0.2, 0.25) is 0 Å². The van der Waals surface area contributed by atoms with Crippen LogP contribution in [0, 0.1) is 5.82 Å². The van der Waals surface area contributed by atoms with Gasteiger partial charge in [0.1, 0.15) is 5.82 Å². The van der Waals surface area contributed by atoms with Crippen LogP contribution in [0.25, 0.3) is 22.5 Å². The molecule has 0 saturated heterocycles. The third kappa shape index (κ3) is 2.82. The number of benzene rings is 1. The van der Waals surface area contributed by atoms with Crippen molar-refractivity contribution in [3.05, 3.63) is 59.6 Å². The average Bonchev–Trinajstić information content (AvgIpc) is 2.99. The minimum Gasteiger partial charge on any atom is -0.255 e. The fraction of sp³-hybridized carbons (Fsp3) is 0.0667. The maximum atomic E-state index is 13.0. The first-order valence-corrected chi connectivity index (χ1v) is 6.67. The smallest absolute Gasteiger partial charge is 0.255 e. The van der Waals surface area contributed by atoms with Crippen LogP contribution in [0.5, 0.6) is 0 Å². The topological polar surface area (TPSA) is 30.7 Å². The Labute approximate surface area is 129 Å². The van der Waals surface area contributed by atoms with E-state index in [1.807, 2.05) is 0 Å². The third-order valence-corrected chi connectivity index (χ3v) is 3.38. The van der Waals surface area contributed by atoms with Gasteiger partial charge in [-0.05, 0) is 36.4 Å². The van der Waals surface area contributed by atoms with Gasteiger partial charge in [0, 0.05) is 23.5 Å². The van der Waals surface area contributed by atoms with Gasteiger partial charge in [-0.25, -0.2) is 9.07 Å². The van der Waals surface area contributed by atoms with E-state index in [1.54, 1.807) is 18.2 Å². The summed E-state index contributed by atoms with van der Waals surface area (Å²) in [6, 6.07) is 8.86. The summed E-state index contributed by atoms with van der Waals surface area (Å²) in [4.78, 5) is 4.17. The molecule has 0 spiro atoms. The van der Waals surface area contributed by atoms with E-state index >= 15 is 0 Å². The lowest BCUT2D eigenvalue weighted by Crippen LogP contribution is -1.98. The lowest BCUT2D eigenvalue weighted by Gasteiger charge is -2.05. The second-order valence-corrected chi connectivity index (χ2v) is 4.92. The Morgan fingerprint density at radius 3 is 2.41 bits per heavy atom. The molecule has 0 aliphatic heterocycles. The van der Waals surface area contributed by atoms with Crippen LogP contribution in [0.4, 0.5) is 13.2 Å². The number of hydrogen-bond donors (Lipinski definition) is 0. The first-order chi connectivity index (χ1) is 10.5. The quantitative estimate of drug-likeness (QED) is 0.693. The Morgan fingerprint density at radius 1 is 1.05 bits per heavy atom. The van der Waals surface area contributed by atoms with E-state index in [0.29, 0.717) is 32.2 Å². The molecule has 0 aliphatic rings. The van der Waals surface area contributed by atoms with Gasteiger partial charge < -0.3 is 0 Å². The number of nitrogens with zero attached hydrogens (tertiary/aromatic N) is 3. The summed E-state index contributed by atoms with van der Waals surface area (Å²) >= 11 is 6.07. The molecular formula is C15H9ClF3N3. The fourth-order valence-corrected chi connectivity index (χ4v) is 2.20. The van der Waals surface area contributed by atoms with Crippen LogP contribution in [-0.4, -0.2) is 14.8 Å². The molecule has 2 heterocycles. The van der Waals surface area contributed by atoms with Gasteiger partial charge in [-0.15, -0.1) is 0 Å². The zero-order valence-corrected chi connectivity index (χ0v) is 11.8. The van der Waals surface area contributed by atoms with E-state index in [4.69, 9.17) is 11.6 Å². The molecule has 0 fully saturated rings. The first kappa shape index (κ1) is 14.6. The molecule has 0 amide bonds. The molecular weight excluding hydrogens is 315 g/mol. The molecule has 22 heavy (non-hydrogen) atoms. The lowest BCUT2D eigenvalue weighted by atomic mass is 10.1. The molecule has 7 heteroatoms. The van der Waals surface area contributed by atoms with E-state index in [-0.39, 0.29) is 5.82 Å². The highest BCUT2D eigenvalue weighted by Gasteiger charge is 2.13. The van der Waals surface area contributed by atoms with E-state index in [1.165, 1.54) is 30.6 Å². The van der Waals surface area contributed by atoms with Gasteiger partial charge in [0.05, 0.1) is 16.4 Å². The van der Waals surface area contributed by atoms with Crippen molar-refractivity contribution in [1.29, 1.82) is 0 Å². The minimum absolute atomic E-state index is 0.297. The van der Waals surface area contributed by atoms with Crippen LogP contribution in [-0.2, 0) is 0 Å². The zero-order valence-electron chi connectivity index (χ0n) is 11.0. The summed E-state index contributed by atoms with van der Waals surface area (Å²) in [5.74, 6) is -0.353. The third-order valence-electron chi connectivity index (χ3n) is 3.08. The van der Waals surface area contributed by atoms with Gasteiger partial charge in [0.25, 0.3) is 0 Å². The van der Waals surface area contributed by atoms with Gasteiger partial charge in [-0.1, -0.05) is 11.6 Å². The first-order valence-electron chi connectivity index (χ1n) is 6.30. The van der Waals surface area contributed by atoms with Crippen LogP contribution in [0.3, 0.4) is 0 Å². The van der Waals surface area contributed by atoms with Gasteiger partial charge >= 0.3 is 6.55 Å². The van der Waals surface area contributed by atoms with Crippen molar-refractivity contribution in [2.75, 3.05) is 0 Å². The van der Waals surface area contributed by atoms with Crippen LogP contribution in [0.2, 0.25) is 5.02 Å². The van der Waals surface area contributed by atoms with Crippen LogP contribution < -0.4 is 0 Å². The van der Waals surface area contributed by atoms with Crippen molar-refractivity contribution < 1.29 is 13.2 Å². The summed E-state index contributed by atoms with van der Waals surface area (Å²) in [5, 5.41) is 4.08.